The molecule has 4 nitrogen and oxygen atoms in total. The molecule has 0 radical (unpaired) electrons. The summed E-state index contributed by atoms with van der Waals surface area (Å²) in [6.07, 6.45) is -0.840. The Labute approximate surface area is 81.0 Å². The van der Waals surface area contributed by atoms with Gasteiger partial charge in [-0.15, -0.1) is 0 Å². The van der Waals surface area contributed by atoms with Crippen molar-refractivity contribution in [1.82, 2.24) is 4.90 Å². The minimum atomic E-state index is -1.03. The molecule has 2 aliphatic heterocycles. The fourth-order valence-corrected chi connectivity index (χ4v) is 2.44. The van der Waals surface area contributed by atoms with E-state index in [-0.39, 0.29) is 31.7 Å². The predicted octanol–water partition coefficient (Wildman–Crippen LogP) is -0.0852. The van der Waals surface area contributed by atoms with Gasteiger partial charge in [0.2, 0.25) is 0 Å². The lowest BCUT2D eigenvalue weighted by molar-refractivity contribution is -0.152. The predicted molar refractivity (Wildman–Crippen MR) is 45.5 cm³/mol. The zero-order valence-electron chi connectivity index (χ0n) is 7.96. The number of ketones is 1. The molecule has 2 heterocycles. The molecule has 0 N–H and O–H groups in total. The van der Waals surface area contributed by atoms with E-state index < -0.39 is 17.7 Å². The second-order valence-electron chi connectivity index (χ2n) is 3.92. The number of nitrogens with zero attached hydrogens (tertiary/aromatic N) is 1. The van der Waals surface area contributed by atoms with E-state index in [0.29, 0.717) is 0 Å². The van der Waals surface area contributed by atoms with E-state index in [2.05, 4.69) is 4.74 Å². The first-order chi connectivity index (χ1) is 6.58. The van der Waals surface area contributed by atoms with Crippen LogP contribution in [0, 0.1) is 0 Å². The maximum Gasteiger partial charge on any atom is 0.326 e. The first-order valence-electron chi connectivity index (χ1n) is 4.58. The lowest BCUT2D eigenvalue weighted by Gasteiger charge is -2.26. The average molecular weight is 201 g/mol. The number of fused-ring (bicyclic) bond motifs is 1. The van der Waals surface area contributed by atoms with Crippen LogP contribution in [-0.4, -0.2) is 48.6 Å². The van der Waals surface area contributed by atoms with Crippen molar-refractivity contribution in [1.29, 1.82) is 0 Å². The highest BCUT2D eigenvalue weighted by atomic mass is 19.1. The van der Waals surface area contributed by atoms with E-state index >= 15 is 0 Å². The Morgan fingerprint density at radius 1 is 1.71 bits per heavy atom. The summed E-state index contributed by atoms with van der Waals surface area (Å²) in [6, 6.07) is 0. The molecule has 0 amide bonds. The van der Waals surface area contributed by atoms with E-state index in [1.165, 1.54) is 7.11 Å². The number of hydrogen-bond acceptors (Lipinski definition) is 4. The van der Waals surface area contributed by atoms with Gasteiger partial charge in [-0.05, 0) is 0 Å². The fourth-order valence-electron chi connectivity index (χ4n) is 2.44. The standard InChI is InChI=1S/C9H12FNO3/c1-14-8(13)9-2-6(10)4-11(9)5-7(12)3-9/h6H,2-5H2,1H3/t6-,9+/m1/s1. The Hall–Kier alpha value is -0.970. The van der Waals surface area contributed by atoms with Crippen molar-refractivity contribution in [3.63, 3.8) is 0 Å². The highest BCUT2D eigenvalue weighted by molar-refractivity contribution is 5.95. The minimum absolute atomic E-state index is 0.0118. The topological polar surface area (TPSA) is 46.6 Å². The molecule has 14 heavy (non-hydrogen) atoms. The molecule has 0 aromatic heterocycles. The second-order valence-corrected chi connectivity index (χ2v) is 3.92. The lowest BCUT2D eigenvalue weighted by Crippen LogP contribution is -2.46. The SMILES string of the molecule is COC(=O)[C@]12CC(=O)CN1C[C@H](F)C2. The van der Waals surface area contributed by atoms with Gasteiger partial charge in [0.05, 0.1) is 13.7 Å². The van der Waals surface area contributed by atoms with Gasteiger partial charge >= 0.3 is 5.97 Å². The maximum absolute atomic E-state index is 13.2. The number of hydrogen-bond donors (Lipinski definition) is 0. The molecule has 2 saturated heterocycles. The quantitative estimate of drug-likeness (QED) is 0.556. The Morgan fingerprint density at radius 2 is 2.43 bits per heavy atom. The van der Waals surface area contributed by atoms with Crippen molar-refractivity contribution in [3.05, 3.63) is 0 Å². The molecule has 2 fully saturated rings. The molecule has 0 aromatic rings. The number of rotatable bonds is 1. The van der Waals surface area contributed by atoms with Crippen LogP contribution in [0.25, 0.3) is 0 Å². The fraction of sp³-hybridized carbons (Fsp3) is 0.778. The van der Waals surface area contributed by atoms with Gasteiger partial charge in [-0.2, -0.15) is 0 Å². The van der Waals surface area contributed by atoms with Crippen molar-refractivity contribution in [2.75, 3.05) is 20.2 Å². The van der Waals surface area contributed by atoms with E-state index in [1.54, 1.807) is 4.90 Å². The van der Waals surface area contributed by atoms with Crippen LogP contribution in [0.4, 0.5) is 4.39 Å². The third kappa shape index (κ3) is 1.15. The number of esters is 1. The number of ether oxygens (including phenoxy) is 1. The lowest BCUT2D eigenvalue weighted by atomic mass is 9.93. The molecule has 0 aromatic carbocycles. The zero-order chi connectivity index (χ0) is 10.3. The summed E-state index contributed by atoms with van der Waals surface area (Å²) >= 11 is 0. The summed E-state index contributed by atoms with van der Waals surface area (Å²) in [4.78, 5) is 24.3. The van der Waals surface area contributed by atoms with Gasteiger partial charge in [-0.1, -0.05) is 0 Å². The van der Waals surface area contributed by atoms with Crippen molar-refractivity contribution < 1.29 is 18.7 Å². The maximum atomic E-state index is 13.2. The number of carbonyl (C=O) groups is 2. The van der Waals surface area contributed by atoms with E-state index in [0.717, 1.165) is 0 Å². The summed E-state index contributed by atoms with van der Waals surface area (Å²) in [5.41, 5.74) is -0.995. The van der Waals surface area contributed by atoms with Gasteiger partial charge in [0.1, 0.15) is 17.5 Å². The van der Waals surface area contributed by atoms with Gasteiger partial charge in [0.15, 0.2) is 0 Å². The Bertz CT molecular complexity index is 294. The zero-order valence-corrected chi connectivity index (χ0v) is 7.96. The normalized spacial score (nSPS) is 37.3. The first kappa shape index (κ1) is 9.58. The summed E-state index contributed by atoms with van der Waals surface area (Å²) in [5.74, 6) is -0.495. The molecule has 0 bridgehead atoms. The molecule has 0 unspecified atom stereocenters. The Balaban J connectivity index is 2.29. The largest absolute Gasteiger partial charge is 0.468 e. The Kier molecular flexibility index (Phi) is 2.06. The van der Waals surface area contributed by atoms with E-state index in [9.17, 15) is 14.0 Å². The number of halogens is 1. The monoisotopic (exact) mass is 201 g/mol. The highest BCUT2D eigenvalue weighted by Crippen LogP contribution is 2.39. The third-order valence-corrected chi connectivity index (χ3v) is 3.01. The molecular weight excluding hydrogens is 189 g/mol. The summed E-state index contributed by atoms with van der Waals surface area (Å²) in [6.45, 7) is 0.344. The van der Waals surface area contributed by atoms with Gasteiger partial charge in [0.25, 0.3) is 0 Å². The number of methoxy groups -OCH3 is 1. The summed E-state index contributed by atoms with van der Waals surface area (Å²) < 4.78 is 17.8. The molecule has 2 atom stereocenters. The second kappa shape index (κ2) is 3.02. The average Bonchev–Trinajstić information content (AvgIpc) is 2.55. The summed E-state index contributed by atoms with van der Waals surface area (Å²) in [7, 11) is 1.27. The molecule has 0 spiro atoms. The van der Waals surface area contributed by atoms with Crippen LogP contribution < -0.4 is 0 Å². The molecule has 5 heteroatoms. The number of Topliss-reactive ketones (excluding diaryl/α,β-unsaturated/α-hetero) is 1. The minimum Gasteiger partial charge on any atom is -0.468 e. The van der Waals surface area contributed by atoms with Crippen LogP contribution in [0.15, 0.2) is 0 Å². The smallest absolute Gasteiger partial charge is 0.326 e. The molecule has 78 valence electrons. The first-order valence-corrected chi connectivity index (χ1v) is 4.58. The van der Waals surface area contributed by atoms with Crippen molar-refractivity contribution in [3.8, 4) is 0 Å². The molecule has 0 aliphatic carbocycles. The van der Waals surface area contributed by atoms with Gasteiger partial charge in [-0.25, -0.2) is 4.39 Å². The van der Waals surface area contributed by atoms with Crippen molar-refractivity contribution in [2.45, 2.75) is 24.6 Å². The van der Waals surface area contributed by atoms with Crippen molar-refractivity contribution >= 4 is 11.8 Å². The van der Waals surface area contributed by atoms with E-state index in [4.69, 9.17) is 0 Å². The number of carbonyl (C=O) groups excluding carboxylic acids is 2. The van der Waals surface area contributed by atoms with Crippen molar-refractivity contribution in [2.24, 2.45) is 0 Å². The van der Waals surface area contributed by atoms with Gasteiger partial charge in [0, 0.05) is 19.4 Å². The third-order valence-electron chi connectivity index (χ3n) is 3.01. The Morgan fingerprint density at radius 3 is 3.07 bits per heavy atom. The van der Waals surface area contributed by atoms with Crippen LogP contribution in [0.3, 0.4) is 0 Å². The highest BCUT2D eigenvalue weighted by Gasteiger charge is 2.57. The molecular formula is C9H12FNO3. The molecule has 2 aliphatic rings. The molecule has 2 rings (SSSR count). The molecule has 0 saturated carbocycles. The number of alkyl halides is 1. The van der Waals surface area contributed by atoms with Crippen LogP contribution in [0.2, 0.25) is 0 Å². The van der Waals surface area contributed by atoms with Gasteiger partial charge < -0.3 is 4.74 Å². The van der Waals surface area contributed by atoms with Gasteiger partial charge in [-0.3, -0.25) is 14.5 Å². The van der Waals surface area contributed by atoms with Crippen LogP contribution in [0.5, 0.6) is 0 Å². The summed E-state index contributed by atoms with van der Waals surface area (Å²) in [5, 5.41) is 0. The van der Waals surface area contributed by atoms with Crippen LogP contribution >= 0.6 is 0 Å². The van der Waals surface area contributed by atoms with Crippen LogP contribution in [-0.2, 0) is 14.3 Å². The van der Waals surface area contributed by atoms with E-state index in [1.807, 2.05) is 0 Å². The van der Waals surface area contributed by atoms with Crippen LogP contribution in [0.1, 0.15) is 12.8 Å².